The number of nitrogens with two attached hydrogens (primary N) is 1. The van der Waals surface area contributed by atoms with Crippen molar-refractivity contribution in [2.45, 2.75) is 0 Å². The van der Waals surface area contributed by atoms with Crippen LogP contribution in [0.15, 0.2) is 18.2 Å². The number of rotatable bonds is 3. The molecule has 0 aliphatic rings. The summed E-state index contributed by atoms with van der Waals surface area (Å²) in [6, 6.07) is 4.46. The fourth-order valence-electron chi connectivity index (χ4n) is 0.916. The van der Waals surface area contributed by atoms with Crippen molar-refractivity contribution < 1.29 is 17.3 Å². The number of nitrogen functional groups attached to an aromatic ring is 1. The highest BCUT2D eigenvalue weighted by Crippen LogP contribution is 2.29. The highest BCUT2D eigenvalue weighted by Gasteiger charge is 2.10. The SMILES string of the molecule is COc1cc(N)ccc1OS(C)(=O)=O. The van der Waals surface area contributed by atoms with Crippen molar-refractivity contribution in [1.82, 2.24) is 0 Å². The second kappa shape index (κ2) is 3.75. The normalized spacial score (nSPS) is 11.0. The summed E-state index contributed by atoms with van der Waals surface area (Å²) in [4.78, 5) is 0. The predicted octanol–water partition coefficient (Wildman–Crippen LogP) is 0.616. The minimum absolute atomic E-state index is 0.129. The molecule has 0 aromatic heterocycles. The minimum Gasteiger partial charge on any atom is -0.493 e. The van der Waals surface area contributed by atoms with Gasteiger partial charge in [-0.05, 0) is 12.1 Å². The van der Waals surface area contributed by atoms with E-state index in [9.17, 15) is 8.42 Å². The van der Waals surface area contributed by atoms with Crippen molar-refractivity contribution in [3.8, 4) is 11.5 Å². The molecule has 0 heterocycles. The van der Waals surface area contributed by atoms with Crippen LogP contribution in [0.2, 0.25) is 0 Å². The van der Waals surface area contributed by atoms with E-state index in [0.717, 1.165) is 6.26 Å². The average molecular weight is 217 g/mol. The lowest BCUT2D eigenvalue weighted by Gasteiger charge is -2.08. The molecule has 2 N–H and O–H groups in total. The minimum atomic E-state index is -3.54. The first kappa shape index (κ1) is 10.6. The molecule has 0 atom stereocenters. The molecule has 0 fully saturated rings. The van der Waals surface area contributed by atoms with Gasteiger partial charge in [0.15, 0.2) is 11.5 Å². The summed E-state index contributed by atoms with van der Waals surface area (Å²) in [6.45, 7) is 0. The molecule has 0 bridgehead atoms. The van der Waals surface area contributed by atoms with Gasteiger partial charge < -0.3 is 14.7 Å². The van der Waals surface area contributed by atoms with Crippen molar-refractivity contribution >= 4 is 15.8 Å². The Labute approximate surface area is 82.6 Å². The molecule has 6 heteroatoms. The van der Waals surface area contributed by atoms with Crippen molar-refractivity contribution in [2.24, 2.45) is 0 Å². The van der Waals surface area contributed by atoms with Gasteiger partial charge in [0.2, 0.25) is 0 Å². The van der Waals surface area contributed by atoms with E-state index in [-0.39, 0.29) is 11.5 Å². The van der Waals surface area contributed by atoms with Gasteiger partial charge in [-0.25, -0.2) is 0 Å². The Morgan fingerprint density at radius 3 is 2.43 bits per heavy atom. The maximum atomic E-state index is 10.8. The quantitative estimate of drug-likeness (QED) is 0.593. The third-order valence-corrected chi connectivity index (χ3v) is 1.91. The molecule has 0 amide bonds. The Bertz CT molecular complexity index is 427. The van der Waals surface area contributed by atoms with Gasteiger partial charge in [0, 0.05) is 11.8 Å². The Morgan fingerprint density at radius 2 is 1.93 bits per heavy atom. The van der Waals surface area contributed by atoms with E-state index in [1.165, 1.54) is 25.3 Å². The largest absolute Gasteiger partial charge is 0.493 e. The molecule has 1 aromatic rings. The van der Waals surface area contributed by atoms with Crippen LogP contribution in [0, 0.1) is 0 Å². The number of hydrogen-bond acceptors (Lipinski definition) is 5. The molecular weight excluding hydrogens is 206 g/mol. The van der Waals surface area contributed by atoms with Crippen LogP contribution in [0.1, 0.15) is 0 Å². The fraction of sp³-hybridized carbons (Fsp3) is 0.250. The van der Waals surface area contributed by atoms with Crippen molar-refractivity contribution in [3.05, 3.63) is 18.2 Å². The van der Waals surface area contributed by atoms with Gasteiger partial charge in [-0.2, -0.15) is 8.42 Å². The van der Waals surface area contributed by atoms with Gasteiger partial charge in [-0.3, -0.25) is 0 Å². The zero-order valence-electron chi connectivity index (χ0n) is 7.85. The highest BCUT2D eigenvalue weighted by atomic mass is 32.2. The second-order valence-corrected chi connectivity index (χ2v) is 4.27. The second-order valence-electron chi connectivity index (χ2n) is 2.70. The van der Waals surface area contributed by atoms with Crippen LogP contribution in [0.4, 0.5) is 5.69 Å². The van der Waals surface area contributed by atoms with E-state index < -0.39 is 10.1 Å². The first-order chi connectivity index (χ1) is 6.42. The van der Waals surface area contributed by atoms with E-state index >= 15 is 0 Å². The van der Waals surface area contributed by atoms with Crippen LogP contribution in [0.5, 0.6) is 11.5 Å². The molecule has 0 spiro atoms. The lowest BCUT2D eigenvalue weighted by atomic mass is 10.3. The van der Waals surface area contributed by atoms with Gasteiger partial charge in [0.25, 0.3) is 0 Å². The van der Waals surface area contributed by atoms with Crippen LogP contribution in [0.3, 0.4) is 0 Å². The van der Waals surface area contributed by atoms with Gasteiger partial charge >= 0.3 is 10.1 Å². The maximum Gasteiger partial charge on any atom is 0.306 e. The third-order valence-electron chi connectivity index (χ3n) is 1.43. The lowest BCUT2D eigenvalue weighted by Crippen LogP contribution is -2.06. The zero-order valence-corrected chi connectivity index (χ0v) is 8.67. The monoisotopic (exact) mass is 217 g/mol. The lowest BCUT2D eigenvalue weighted by molar-refractivity contribution is 0.392. The Morgan fingerprint density at radius 1 is 1.29 bits per heavy atom. The van der Waals surface area contributed by atoms with E-state index in [0.29, 0.717) is 5.69 Å². The highest BCUT2D eigenvalue weighted by molar-refractivity contribution is 7.86. The number of hydrogen-bond donors (Lipinski definition) is 1. The van der Waals surface area contributed by atoms with Crippen molar-refractivity contribution in [3.63, 3.8) is 0 Å². The summed E-state index contributed by atoms with van der Waals surface area (Å²) in [7, 11) is -2.14. The molecule has 5 nitrogen and oxygen atoms in total. The summed E-state index contributed by atoms with van der Waals surface area (Å²) < 4.78 is 31.3. The Kier molecular flexibility index (Phi) is 2.85. The predicted molar refractivity (Wildman–Crippen MR) is 52.9 cm³/mol. The van der Waals surface area contributed by atoms with Gasteiger partial charge in [0.1, 0.15) is 0 Å². The van der Waals surface area contributed by atoms with E-state index in [4.69, 9.17) is 10.5 Å². The van der Waals surface area contributed by atoms with Crippen molar-refractivity contribution in [2.75, 3.05) is 19.1 Å². The van der Waals surface area contributed by atoms with Crippen LogP contribution in [-0.4, -0.2) is 21.8 Å². The molecule has 0 unspecified atom stereocenters. The molecule has 0 saturated carbocycles. The van der Waals surface area contributed by atoms with Crippen LogP contribution in [0.25, 0.3) is 0 Å². The molecule has 14 heavy (non-hydrogen) atoms. The summed E-state index contributed by atoms with van der Waals surface area (Å²) in [6.07, 6.45) is 0.961. The third kappa shape index (κ3) is 2.81. The summed E-state index contributed by atoms with van der Waals surface area (Å²) in [5.74, 6) is 0.416. The van der Waals surface area contributed by atoms with Gasteiger partial charge in [-0.1, -0.05) is 0 Å². The standard InChI is InChI=1S/C8H11NO4S/c1-12-8-5-6(9)3-4-7(8)13-14(2,10)11/h3-5H,9H2,1-2H3. The molecule has 0 radical (unpaired) electrons. The summed E-state index contributed by atoms with van der Waals surface area (Å²) in [5.41, 5.74) is 5.96. The fourth-order valence-corrected chi connectivity index (χ4v) is 1.38. The molecule has 1 aromatic carbocycles. The number of ether oxygens (including phenoxy) is 1. The smallest absolute Gasteiger partial charge is 0.306 e. The van der Waals surface area contributed by atoms with Crippen LogP contribution >= 0.6 is 0 Å². The zero-order chi connectivity index (χ0) is 10.8. The first-order valence-electron chi connectivity index (χ1n) is 3.75. The maximum absolute atomic E-state index is 10.8. The average Bonchev–Trinajstić information content (AvgIpc) is 2.06. The number of benzene rings is 1. The molecular formula is C8H11NO4S. The van der Waals surface area contributed by atoms with Gasteiger partial charge in [0.05, 0.1) is 13.4 Å². The first-order valence-corrected chi connectivity index (χ1v) is 5.57. The number of anilines is 1. The van der Waals surface area contributed by atoms with E-state index in [2.05, 4.69) is 4.18 Å². The molecule has 0 aliphatic carbocycles. The molecule has 0 saturated heterocycles. The molecule has 1 rings (SSSR count). The van der Waals surface area contributed by atoms with Crippen LogP contribution < -0.4 is 14.7 Å². The van der Waals surface area contributed by atoms with Gasteiger partial charge in [-0.15, -0.1) is 0 Å². The Hall–Kier alpha value is -1.43. The topological polar surface area (TPSA) is 78.6 Å². The van der Waals surface area contributed by atoms with Crippen molar-refractivity contribution in [1.29, 1.82) is 0 Å². The van der Waals surface area contributed by atoms with Crippen LogP contribution in [-0.2, 0) is 10.1 Å². The number of methoxy groups -OCH3 is 1. The Balaban J connectivity index is 3.09. The summed E-state index contributed by atoms with van der Waals surface area (Å²) in [5, 5.41) is 0. The summed E-state index contributed by atoms with van der Waals surface area (Å²) >= 11 is 0. The molecule has 78 valence electrons. The molecule has 0 aliphatic heterocycles. The van der Waals surface area contributed by atoms with E-state index in [1.54, 1.807) is 0 Å². The van der Waals surface area contributed by atoms with E-state index in [1.807, 2.05) is 0 Å².